The molecule has 1 atom stereocenters. The minimum absolute atomic E-state index is 0.224. The Bertz CT molecular complexity index is 528. The predicted molar refractivity (Wildman–Crippen MR) is 72.5 cm³/mol. The van der Waals surface area contributed by atoms with Crippen LogP contribution in [-0.4, -0.2) is 55.7 Å². The van der Waals surface area contributed by atoms with Crippen molar-refractivity contribution in [2.45, 2.75) is 49.3 Å². The van der Waals surface area contributed by atoms with Crippen LogP contribution in [0.4, 0.5) is 13.2 Å². The molecule has 0 amide bonds. The van der Waals surface area contributed by atoms with E-state index in [-0.39, 0.29) is 12.8 Å². The van der Waals surface area contributed by atoms with Crippen molar-refractivity contribution in [3.63, 3.8) is 0 Å². The highest BCUT2D eigenvalue weighted by Gasteiger charge is 2.47. The Morgan fingerprint density at radius 3 is 2.17 bits per heavy atom. The molecule has 0 aromatic rings. The number of carboxylic acids is 1. The van der Waals surface area contributed by atoms with Gasteiger partial charge in [0.05, 0.1) is 25.4 Å². The van der Waals surface area contributed by atoms with Gasteiger partial charge >= 0.3 is 12.1 Å². The minimum atomic E-state index is -4.64. The Labute approximate surface area is 131 Å². The second-order valence-electron chi connectivity index (χ2n) is 5.94. The number of ether oxygens (including phenoxy) is 2. The van der Waals surface area contributed by atoms with E-state index in [1.54, 1.807) is 0 Å². The quantitative estimate of drug-likeness (QED) is 0.803. The Morgan fingerprint density at radius 1 is 1.22 bits per heavy atom. The lowest BCUT2D eigenvalue weighted by molar-refractivity contribution is -0.183. The third-order valence-corrected chi connectivity index (χ3v) is 6.47. The number of sulfone groups is 1. The summed E-state index contributed by atoms with van der Waals surface area (Å²) in [5, 5.41) is 7.41. The Morgan fingerprint density at radius 2 is 1.74 bits per heavy atom. The van der Waals surface area contributed by atoms with Gasteiger partial charge in [0, 0.05) is 12.8 Å². The molecule has 1 aliphatic carbocycles. The molecule has 2 aliphatic rings. The first-order valence-corrected chi connectivity index (χ1v) is 9.05. The van der Waals surface area contributed by atoms with Crippen LogP contribution >= 0.6 is 0 Å². The highest BCUT2D eigenvalue weighted by Crippen LogP contribution is 2.41. The molecule has 0 aromatic carbocycles. The average Bonchev–Trinajstić information content (AvgIpc) is 2.87. The normalized spacial score (nSPS) is 24.0. The molecule has 1 N–H and O–H groups in total. The molecular weight excluding hydrogens is 341 g/mol. The molecule has 1 unspecified atom stereocenters. The Balaban J connectivity index is 2.05. The van der Waals surface area contributed by atoms with E-state index in [1.165, 1.54) is 0 Å². The van der Waals surface area contributed by atoms with E-state index in [9.17, 15) is 31.5 Å². The first-order valence-electron chi connectivity index (χ1n) is 7.34. The van der Waals surface area contributed by atoms with Gasteiger partial charge in [0.15, 0.2) is 20.9 Å². The lowest BCUT2D eigenvalue weighted by Crippen LogP contribution is -2.44. The van der Waals surface area contributed by atoms with Gasteiger partial charge in [-0.1, -0.05) is 0 Å². The van der Waals surface area contributed by atoms with Gasteiger partial charge in [-0.2, -0.15) is 13.2 Å². The molecule has 6 nitrogen and oxygen atoms in total. The Kier molecular flexibility index (Phi) is 5.27. The molecule has 0 aromatic heterocycles. The molecule has 1 aliphatic heterocycles. The highest BCUT2D eigenvalue weighted by molar-refractivity contribution is 7.92. The smallest absolute Gasteiger partial charge is 0.390 e. The van der Waals surface area contributed by atoms with Crippen molar-refractivity contribution in [2.24, 2.45) is 5.92 Å². The zero-order chi connectivity index (χ0) is 17.3. The molecule has 23 heavy (non-hydrogen) atoms. The van der Waals surface area contributed by atoms with Gasteiger partial charge < -0.3 is 14.6 Å². The second-order valence-corrected chi connectivity index (χ2v) is 8.18. The number of hydrogen-bond acceptors (Lipinski definition) is 5. The molecule has 1 spiro atoms. The summed E-state index contributed by atoms with van der Waals surface area (Å²) in [6.07, 6.45) is -5.04. The fourth-order valence-corrected chi connectivity index (χ4v) is 5.14. The van der Waals surface area contributed by atoms with Crippen LogP contribution in [0, 0.1) is 5.92 Å². The molecule has 2 fully saturated rings. The van der Waals surface area contributed by atoms with Crippen LogP contribution in [0.1, 0.15) is 32.1 Å². The summed E-state index contributed by atoms with van der Waals surface area (Å²) in [6, 6.07) is 0. The topological polar surface area (TPSA) is 89.9 Å². The van der Waals surface area contributed by atoms with E-state index in [0.29, 0.717) is 26.1 Å². The first kappa shape index (κ1) is 18.5. The number of halogens is 3. The summed E-state index contributed by atoms with van der Waals surface area (Å²) >= 11 is 0. The molecule has 0 bridgehead atoms. The summed E-state index contributed by atoms with van der Waals surface area (Å²) in [5.74, 6) is -4.32. The number of hydrogen-bond donors (Lipinski definition) is 1. The fraction of sp³-hybridized carbons (Fsp3) is 0.923. The third-order valence-electron chi connectivity index (χ3n) is 4.33. The minimum Gasteiger partial charge on any atom is -0.480 e. The van der Waals surface area contributed by atoms with E-state index in [2.05, 4.69) is 0 Å². The lowest BCUT2D eigenvalue weighted by atomic mass is 9.83. The molecule has 0 radical (unpaired) electrons. The summed E-state index contributed by atoms with van der Waals surface area (Å²) in [6.45, 7) is 0.855. The van der Waals surface area contributed by atoms with Crippen LogP contribution < -0.4 is 0 Å². The van der Waals surface area contributed by atoms with E-state index in [4.69, 9.17) is 9.47 Å². The summed E-state index contributed by atoms with van der Waals surface area (Å²) in [7, 11) is -4.39. The van der Waals surface area contributed by atoms with Gasteiger partial charge in [-0.15, -0.1) is 0 Å². The maximum Gasteiger partial charge on any atom is 0.390 e. The SMILES string of the molecule is O=C(O)C(C1CCC2(CC1)OCCO2)S(=O)(=O)CCC(F)(F)F. The number of carboxylic acid groups (broad SMARTS) is 1. The van der Waals surface area contributed by atoms with Crippen LogP contribution in [0.25, 0.3) is 0 Å². The van der Waals surface area contributed by atoms with Crippen molar-refractivity contribution in [2.75, 3.05) is 19.0 Å². The largest absolute Gasteiger partial charge is 0.480 e. The van der Waals surface area contributed by atoms with Crippen molar-refractivity contribution in [3.05, 3.63) is 0 Å². The summed E-state index contributed by atoms with van der Waals surface area (Å²) in [4.78, 5) is 11.4. The maximum absolute atomic E-state index is 12.2. The molecule has 2 rings (SSSR count). The lowest BCUT2D eigenvalue weighted by Gasteiger charge is -2.37. The molecule has 134 valence electrons. The maximum atomic E-state index is 12.2. The second kappa shape index (κ2) is 6.56. The zero-order valence-corrected chi connectivity index (χ0v) is 13.2. The number of carbonyl (C=O) groups is 1. The molecule has 1 heterocycles. The van der Waals surface area contributed by atoms with Crippen molar-refractivity contribution in [1.82, 2.24) is 0 Å². The summed E-state index contributed by atoms with van der Waals surface area (Å²) < 4.78 is 71.9. The first-order chi connectivity index (χ1) is 10.5. The summed E-state index contributed by atoms with van der Waals surface area (Å²) in [5.41, 5.74) is 0. The van der Waals surface area contributed by atoms with Crippen LogP contribution in [0.3, 0.4) is 0 Å². The molecule has 1 saturated heterocycles. The Hall–Kier alpha value is -0.870. The fourth-order valence-electron chi connectivity index (χ4n) is 3.20. The van der Waals surface area contributed by atoms with Gasteiger partial charge in [-0.3, -0.25) is 4.79 Å². The van der Waals surface area contributed by atoms with Gasteiger partial charge in [0.2, 0.25) is 0 Å². The average molecular weight is 360 g/mol. The van der Waals surface area contributed by atoms with Gasteiger partial charge in [0.25, 0.3) is 0 Å². The van der Waals surface area contributed by atoms with Crippen molar-refractivity contribution < 1.29 is 41.0 Å². The van der Waals surface area contributed by atoms with Crippen molar-refractivity contribution in [3.8, 4) is 0 Å². The van der Waals surface area contributed by atoms with E-state index < -0.39 is 51.1 Å². The highest BCUT2D eigenvalue weighted by atomic mass is 32.2. The van der Waals surface area contributed by atoms with Gasteiger partial charge in [0.1, 0.15) is 0 Å². The zero-order valence-electron chi connectivity index (χ0n) is 12.3. The standard InChI is InChI=1S/C13H19F3O6S/c14-13(15,16)5-8-23(19,20)10(11(17)18)9-1-3-12(4-2-9)21-6-7-22-12/h9-10H,1-8H2,(H,17,18). The number of rotatable bonds is 5. The number of alkyl halides is 3. The third kappa shape index (κ3) is 4.57. The van der Waals surface area contributed by atoms with Crippen molar-refractivity contribution >= 4 is 15.8 Å². The van der Waals surface area contributed by atoms with Crippen LogP contribution in [0.15, 0.2) is 0 Å². The van der Waals surface area contributed by atoms with Gasteiger partial charge in [-0.25, -0.2) is 8.42 Å². The van der Waals surface area contributed by atoms with Gasteiger partial charge in [-0.05, 0) is 18.8 Å². The molecular formula is C13H19F3O6S. The molecule has 10 heteroatoms. The predicted octanol–water partition coefficient (Wildman–Crippen LogP) is 1.74. The van der Waals surface area contributed by atoms with Crippen LogP contribution in [-0.2, 0) is 24.1 Å². The van der Waals surface area contributed by atoms with Crippen LogP contribution in [0.2, 0.25) is 0 Å². The monoisotopic (exact) mass is 360 g/mol. The van der Waals surface area contributed by atoms with E-state index >= 15 is 0 Å². The van der Waals surface area contributed by atoms with Crippen LogP contribution in [0.5, 0.6) is 0 Å². The van der Waals surface area contributed by atoms with E-state index in [1.807, 2.05) is 0 Å². The number of aliphatic carboxylic acids is 1. The van der Waals surface area contributed by atoms with Crippen molar-refractivity contribution in [1.29, 1.82) is 0 Å². The molecule has 1 saturated carbocycles. The van der Waals surface area contributed by atoms with E-state index in [0.717, 1.165) is 0 Å².